The summed E-state index contributed by atoms with van der Waals surface area (Å²) in [4.78, 5) is 15.8. The molecule has 0 radical (unpaired) electrons. The zero-order valence-corrected chi connectivity index (χ0v) is 9.26. The number of fused-ring (bicyclic) bond motifs is 1. The van der Waals surface area contributed by atoms with E-state index in [1.165, 1.54) is 6.07 Å². The van der Waals surface area contributed by atoms with Crippen LogP contribution in [0.3, 0.4) is 0 Å². The third-order valence-electron chi connectivity index (χ3n) is 2.67. The van der Waals surface area contributed by atoms with Gasteiger partial charge >= 0.3 is 5.63 Å². The molecule has 1 aromatic carbocycles. The monoisotopic (exact) mass is 241 g/mol. The fourth-order valence-electron chi connectivity index (χ4n) is 1.81. The van der Waals surface area contributed by atoms with E-state index in [-0.39, 0.29) is 11.3 Å². The summed E-state index contributed by atoms with van der Waals surface area (Å²) in [7, 11) is 0. The lowest BCUT2D eigenvalue weighted by Crippen LogP contribution is -2.01. The molecule has 18 heavy (non-hydrogen) atoms. The minimum atomic E-state index is -0.515. The van der Waals surface area contributed by atoms with E-state index < -0.39 is 11.4 Å². The Bertz CT molecular complexity index is 780. The van der Waals surface area contributed by atoms with Gasteiger partial charge in [-0.05, 0) is 24.3 Å². The van der Waals surface area contributed by atoms with Gasteiger partial charge in [-0.3, -0.25) is 4.98 Å². The van der Waals surface area contributed by atoms with Gasteiger partial charge in [0.1, 0.15) is 11.6 Å². The fraction of sp³-hybridized carbons (Fsp3) is 0. The van der Waals surface area contributed by atoms with Gasteiger partial charge in [0.15, 0.2) is 0 Å². The number of benzene rings is 1. The summed E-state index contributed by atoms with van der Waals surface area (Å²) >= 11 is 0. The second kappa shape index (κ2) is 4.07. The average Bonchev–Trinajstić information content (AvgIpc) is 2.39. The highest BCUT2D eigenvalue weighted by Gasteiger charge is 2.10. The molecule has 0 aliphatic rings. The highest BCUT2D eigenvalue weighted by atomic mass is 19.1. The zero-order chi connectivity index (χ0) is 12.5. The van der Waals surface area contributed by atoms with Crippen LogP contribution >= 0.6 is 0 Å². The molecule has 0 atom stereocenters. The summed E-state index contributed by atoms with van der Waals surface area (Å²) in [6, 6.07) is 11.0. The smallest absolute Gasteiger partial charge is 0.345 e. The minimum Gasteiger partial charge on any atom is -0.422 e. The van der Waals surface area contributed by atoms with Crippen LogP contribution in [0.15, 0.2) is 57.9 Å². The molecular formula is C14H8FNO2. The van der Waals surface area contributed by atoms with E-state index in [4.69, 9.17) is 4.42 Å². The molecule has 0 bridgehead atoms. The van der Waals surface area contributed by atoms with Gasteiger partial charge in [0.25, 0.3) is 0 Å². The first-order chi connectivity index (χ1) is 8.75. The van der Waals surface area contributed by atoms with Crippen molar-refractivity contribution >= 4 is 10.9 Å². The largest absolute Gasteiger partial charge is 0.422 e. The standard InChI is InChI=1S/C14H8FNO2/c15-11-6-2-1-4-9(11)13-8-12-10(14(17)18-13)5-3-7-16-12/h1-8H. The molecule has 4 heteroatoms. The number of rotatable bonds is 1. The van der Waals surface area contributed by atoms with Crippen LogP contribution in [0.1, 0.15) is 0 Å². The van der Waals surface area contributed by atoms with Crippen LogP contribution in [-0.4, -0.2) is 4.98 Å². The molecule has 0 fully saturated rings. The molecule has 0 saturated carbocycles. The predicted octanol–water partition coefficient (Wildman–Crippen LogP) is 2.99. The fourth-order valence-corrected chi connectivity index (χ4v) is 1.81. The number of hydrogen-bond acceptors (Lipinski definition) is 3. The second-order valence-electron chi connectivity index (χ2n) is 3.81. The van der Waals surface area contributed by atoms with Crippen molar-refractivity contribution in [2.75, 3.05) is 0 Å². The molecule has 0 saturated heterocycles. The Labute approximate surface area is 102 Å². The topological polar surface area (TPSA) is 43.1 Å². The quantitative estimate of drug-likeness (QED) is 0.657. The number of aromatic nitrogens is 1. The maximum absolute atomic E-state index is 13.6. The normalized spacial score (nSPS) is 10.7. The third kappa shape index (κ3) is 1.68. The number of hydrogen-bond donors (Lipinski definition) is 0. The van der Waals surface area contributed by atoms with Crippen molar-refractivity contribution < 1.29 is 8.81 Å². The lowest BCUT2D eigenvalue weighted by Gasteiger charge is -2.02. The van der Waals surface area contributed by atoms with E-state index >= 15 is 0 Å². The molecule has 0 aliphatic heterocycles. The molecule has 3 aromatic rings. The molecule has 2 aromatic heterocycles. The summed E-state index contributed by atoms with van der Waals surface area (Å²) in [6.45, 7) is 0. The van der Waals surface area contributed by atoms with Crippen LogP contribution in [-0.2, 0) is 0 Å². The number of pyridine rings is 1. The summed E-state index contributed by atoms with van der Waals surface area (Å²) < 4.78 is 18.7. The molecule has 3 nitrogen and oxygen atoms in total. The lowest BCUT2D eigenvalue weighted by atomic mass is 10.1. The molecule has 3 rings (SSSR count). The maximum Gasteiger partial charge on any atom is 0.345 e. The van der Waals surface area contributed by atoms with E-state index in [0.29, 0.717) is 10.9 Å². The van der Waals surface area contributed by atoms with Crippen molar-refractivity contribution in [1.82, 2.24) is 4.98 Å². The zero-order valence-electron chi connectivity index (χ0n) is 9.26. The first kappa shape index (κ1) is 10.7. The van der Waals surface area contributed by atoms with Crippen LogP contribution < -0.4 is 5.63 Å². The minimum absolute atomic E-state index is 0.185. The SMILES string of the molecule is O=c1oc(-c2ccccc2F)cc2ncccc12. The number of halogens is 1. The van der Waals surface area contributed by atoms with Gasteiger partial charge in [0.2, 0.25) is 0 Å². The van der Waals surface area contributed by atoms with Crippen molar-refractivity contribution in [3.8, 4) is 11.3 Å². The highest BCUT2D eigenvalue weighted by molar-refractivity contribution is 5.80. The van der Waals surface area contributed by atoms with Crippen molar-refractivity contribution in [3.05, 3.63) is 64.9 Å². The molecule has 0 unspecified atom stereocenters. The molecule has 2 heterocycles. The van der Waals surface area contributed by atoms with E-state index in [9.17, 15) is 9.18 Å². The Morgan fingerprint density at radius 3 is 2.78 bits per heavy atom. The first-order valence-electron chi connectivity index (χ1n) is 5.39. The van der Waals surface area contributed by atoms with Gasteiger partial charge in [-0.25, -0.2) is 9.18 Å². The van der Waals surface area contributed by atoms with Gasteiger partial charge in [0.05, 0.1) is 16.5 Å². The van der Waals surface area contributed by atoms with Gasteiger partial charge < -0.3 is 4.42 Å². The predicted molar refractivity (Wildman–Crippen MR) is 65.7 cm³/mol. The lowest BCUT2D eigenvalue weighted by molar-refractivity contribution is 0.527. The molecule has 0 spiro atoms. The molecular weight excluding hydrogens is 233 g/mol. The molecule has 88 valence electrons. The summed E-state index contributed by atoms with van der Waals surface area (Å²) in [5, 5.41) is 0.387. The summed E-state index contributed by atoms with van der Waals surface area (Å²) in [6.07, 6.45) is 1.58. The average molecular weight is 241 g/mol. The Balaban J connectivity index is 2.32. The Kier molecular flexibility index (Phi) is 2.41. The Morgan fingerprint density at radius 1 is 1.11 bits per heavy atom. The maximum atomic E-state index is 13.6. The second-order valence-corrected chi connectivity index (χ2v) is 3.81. The Morgan fingerprint density at radius 2 is 1.94 bits per heavy atom. The van der Waals surface area contributed by atoms with Gasteiger partial charge in [-0.1, -0.05) is 12.1 Å². The molecule has 0 aliphatic carbocycles. The Hall–Kier alpha value is -2.49. The van der Waals surface area contributed by atoms with Crippen LogP contribution in [0.4, 0.5) is 4.39 Å². The van der Waals surface area contributed by atoms with Crippen LogP contribution in [0.25, 0.3) is 22.2 Å². The van der Waals surface area contributed by atoms with E-state index in [1.54, 1.807) is 42.6 Å². The van der Waals surface area contributed by atoms with Gasteiger partial charge in [-0.2, -0.15) is 0 Å². The van der Waals surface area contributed by atoms with E-state index in [0.717, 1.165) is 0 Å². The number of nitrogens with zero attached hydrogens (tertiary/aromatic N) is 1. The van der Waals surface area contributed by atoms with Crippen LogP contribution in [0.2, 0.25) is 0 Å². The van der Waals surface area contributed by atoms with Gasteiger partial charge in [0, 0.05) is 12.3 Å². The van der Waals surface area contributed by atoms with Crippen LogP contribution in [0, 0.1) is 5.82 Å². The van der Waals surface area contributed by atoms with E-state index in [1.807, 2.05) is 0 Å². The van der Waals surface area contributed by atoms with Crippen molar-refractivity contribution in [2.24, 2.45) is 0 Å². The molecule has 0 N–H and O–H groups in total. The van der Waals surface area contributed by atoms with Crippen molar-refractivity contribution in [1.29, 1.82) is 0 Å². The summed E-state index contributed by atoms with van der Waals surface area (Å²) in [5.74, 6) is -0.250. The first-order valence-corrected chi connectivity index (χ1v) is 5.39. The van der Waals surface area contributed by atoms with Gasteiger partial charge in [-0.15, -0.1) is 0 Å². The van der Waals surface area contributed by atoms with Crippen LogP contribution in [0.5, 0.6) is 0 Å². The van der Waals surface area contributed by atoms with Crippen molar-refractivity contribution in [2.45, 2.75) is 0 Å². The summed E-state index contributed by atoms with van der Waals surface area (Å²) in [5.41, 5.74) is 0.230. The van der Waals surface area contributed by atoms with E-state index in [2.05, 4.69) is 4.98 Å². The molecule has 0 amide bonds. The third-order valence-corrected chi connectivity index (χ3v) is 2.67. The highest BCUT2D eigenvalue weighted by Crippen LogP contribution is 2.23. The van der Waals surface area contributed by atoms with Crippen molar-refractivity contribution in [3.63, 3.8) is 0 Å².